The molecular formula is C20H19N3O3S2. The fourth-order valence-corrected chi connectivity index (χ4v) is 4.07. The Kier molecular flexibility index (Phi) is 6.67. The standard InChI is InChI=1S/C20H19N3O3S2/c1-13(24)18-17(14-7-3-2-4-8-14)23-20(28-18)22-16(25)10-5-11-21-19(26)15-9-6-12-27-15/h2-4,6-9,12H,5,10-11H2,1H3,(H,21,26)(H,22,23,25). The van der Waals surface area contributed by atoms with E-state index in [1.54, 1.807) is 6.07 Å². The maximum atomic E-state index is 12.2. The Morgan fingerprint density at radius 3 is 2.54 bits per heavy atom. The number of carbonyl (C=O) groups is 3. The van der Waals surface area contributed by atoms with Gasteiger partial charge in [0.15, 0.2) is 10.9 Å². The van der Waals surface area contributed by atoms with Crippen LogP contribution >= 0.6 is 22.7 Å². The Morgan fingerprint density at radius 1 is 1.07 bits per heavy atom. The fraction of sp³-hybridized carbons (Fsp3) is 0.200. The van der Waals surface area contributed by atoms with E-state index in [0.717, 1.165) is 5.56 Å². The van der Waals surface area contributed by atoms with Crippen molar-refractivity contribution < 1.29 is 14.4 Å². The van der Waals surface area contributed by atoms with Crippen LogP contribution in [0.3, 0.4) is 0 Å². The predicted molar refractivity (Wildman–Crippen MR) is 112 cm³/mol. The monoisotopic (exact) mass is 413 g/mol. The Hall–Kier alpha value is -2.84. The summed E-state index contributed by atoms with van der Waals surface area (Å²) in [4.78, 5) is 41.5. The highest BCUT2D eigenvalue weighted by molar-refractivity contribution is 7.18. The average Bonchev–Trinajstić information content (AvgIpc) is 3.36. The molecule has 0 aliphatic carbocycles. The number of nitrogens with one attached hydrogen (secondary N) is 2. The molecule has 2 heterocycles. The number of thiazole rings is 1. The van der Waals surface area contributed by atoms with Crippen LogP contribution in [0, 0.1) is 0 Å². The molecule has 3 aromatic rings. The lowest BCUT2D eigenvalue weighted by Gasteiger charge is -2.04. The van der Waals surface area contributed by atoms with Gasteiger partial charge in [0.05, 0.1) is 15.4 Å². The Morgan fingerprint density at radius 2 is 1.86 bits per heavy atom. The van der Waals surface area contributed by atoms with Crippen LogP contribution in [0.2, 0.25) is 0 Å². The number of carbonyl (C=O) groups excluding carboxylic acids is 3. The number of amides is 2. The van der Waals surface area contributed by atoms with E-state index in [1.807, 2.05) is 41.8 Å². The number of thiophene rings is 1. The van der Waals surface area contributed by atoms with Crippen molar-refractivity contribution in [2.45, 2.75) is 19.8 Å². The zero-order valence-electron chi connectivity index (χ0n) is 15.2. The third-order valence-corrected chi connectivity index (χ3v) is 5.79. The van der Waals surface area contributed by atoms with Crippen LogP contribution in [-0.2, 0) is 4.79 Å². The van der Waals surface area contributed by atoms with Crippen molar-refractivity contribution >= 4 is 45.4 Å². The first-order chi connectivity index (χ1) is 13.5. The van der Waals surface area contributed by atoms with E-state index >= 15 is 0 Å². The summed E-state index contributed by atoms with van der Waals surface area (Å²) >= 11 is 2.55. The number of Topliss-reactive ketones (excluding diaryl/α,β-unsaturated/α-hetero) is 1. The molecule has 0 aliphatic heterocycles. The molecule has 0 aliphatic rings. The molecule has 0 atom stereocenters. The van der Waals surface area contributed by atoms with Crippen molar-refractivity contribution in [1.29, 1.82) is 0 Å². The lowest BCUT2D eigenvalue weighted by molar-refractivity contribution is -0.116. The van der Waals surface area contributed by atoms with E-state index in [1.165, 1.54) is 29.6 Å². The SMILES string of the molecule is CC(=O)c1sc(NC(=O)CCCNC(=O)c2cccs2)nc1-c1ccccc1. The van der Waals surface area contributed by atoms with Crippen LogP contribution in [0.4, 0.5) is 5.13 Å². The van der Waals surface area contributed by atoms with E-state index in [-0.39, 0.29) is 24.0 Å². The molecule has 6 nitrogen and oxygen atoms in total. The molecule has 2 amide bonds. The summed E-state index contributed by atoms with van der Waals surface area (Å²) in [5.74, 6) is -0.420. The molecule has 0 saturated carbocycles. The maximum absolute atomic E-state index is 12.2. The van der Waals surface area contributed by atoms with Crippen LogP contribution in [0.5, 0.6) is 0 Å². The number of anilines is 1. The molecule has 0 fully saturated rings. The third-order valence-electron chi connectivity index (χ3n) is 3.85. The van der Waals surface area contributed by atoms with Gasteiger partial charge in [0.25, 0.3) is 5.91 Å². The minimum atomic E-state index is -0.200. The topological polar surface area (TPSA) is 88.2 Å². The van der Waals surface area contributed by atoms with Gasteiger partial charge in [0.1, 0.15) is 0 Å². The zero-order valence-corrected chi connectivity index (χ0v) is 16.9. The fourth-order valence-electron chi connectivity index (χ4n) is 2.53. The molecule has 0 saturated heterocycles. The summed E-state index contributed by atoms with van der Waals surface area (Å²) in [6.07, 6.45) is 0.764. The largest absolute Gasteiger partial charge is 0.351 e. The highest BCUT2D eigenvalue weighted by Crippen LogP contribution is 2.31. The molecule has 3 rings (SSSR count). The lowest BCUT2D eigenvalue weighted by atomic mass is 10.1. The molecule has 0 spiro atoms. The average molecular weight is 414 g/mol. The second-order valence-electron chi connectivity index (χ2n) is 6.00. The van der Waals surface area contributed by atoms with Gasteiger partial charge in [0, 0.05) is 25.5 Å². The summed E-state index contributed by atoms with van der Waals surface area (Å²) in [5, 5.41) is 7.78. The Balaban J connectivity index is 1.54. The minimum absolute atomic E-state index is 0.0897. The quantitative estimate of drug-likeness (QED) is 0.427. The molecule has 0 radical (unpaired) electrons. The van der Waals surface area contributed by atoms with Gasteiger partial charge >= 0.3 is 0 Å². The van der Waals surface area contributed by atoms with Crippen LogP contribution in [0.25, 0.3) is 11.3 Å². The van der Waals surface area contributed by atoms with E-state index in [2.05, 4.69) is 15.6 Å². The summed E-state index contributed by atoms with van der Waals surface area (Å²) < 4.78 is 0. The molecule has 0 bridgehead atoms. The van der Waals surface area contributed by atoms with Gasteiger partial charge in [-0.1, -0.05) is 47.7 Å². The number of nitrogens with zero attached hydrogens (tertiary/aromatic N) is 1. The van der Waals surface area contributed by atoms with Crippen molar-refractivity contribution in [3.8, 4) is 11.3 Å². The number of hydrogen-bond acceptors (Lipinski definition) is 6. The van der Waals surface area contributed by atoms with Crippen molar-refractivity contribution in [3.63, 3.8) is 0 Å². The van der Waals surface area contributed by atoms with Gasteiger partial charge in [-0.05, 0) is 17.9 Å². The van der Waals surface area contributed by atoms with Crippen molar-refractivity contribution in [2.24, 2.45) is 0 Å². The van der Waals surface area contributed by atoms with E-state index < -0.39 is 0 Å². The summed E-state index contributed by atoms with van der Waals surface area (Å²) in [5.41, 5.74) is 1.41. The van der Waals surface area contributed by atoms with Crippen molar-refractivity contribution in [2.75, 3.05) is 11.9 Å². The first-order valence-corrected chi connectivity index (χ1v) is 10.4. The van der Waals surface area contributed by atoms with Crippen LogP contribution in [-0.4, -0.2) is 29.1 Å². The number of ketones is 1. The van der Waals surface area contributed by atoms with Crippen LogP contribution in [0.15, 0.2) is 47.8 Å². The first kappa shape index (κ1) is 19.9. The lowest BCUT2D eigenvalue weighted by Crippen LogP contribution is -2.24. The highest BCUT2D eigenvalue weighted by atomic mass is 32.1. The summed E-state index contributed by atoms with van der Waals surface area (Å²) in [6, 6.07) is 13.0. The normalized spacial score (nSPS) is 10.5. The Labute approximate surface area is 170 Å². The molecule has 2 N–H and O–H groups in total. The van der Waals surface area contributed by atoms with Gasteiger partial charge in [-0.15, -0.1) is 11.3 Å². The minimum Gasteiger partial charge on any atom is -0.351 e. The van der Waals surface area contributed by atoms with E-state index in [4.69, 9.17) is 0 Å². The predicted octanol–water partition coefficient (Wildman–Crippen LogP) is 4.22. The second kappa shape index (κ2) is 9.38. The summed E-state index contributed by atoms with van der Waals surface area (Å²) in [7, 11) is 0. The van der Waals surface area contributed by atoms with E-state index in [0.29, 0.717) is 33.5 Å². The number of aromatic nitrogens is 1. The highest BCUT2D eigenvalue weighted by Gasteiger charge is 2.17. The van der Waals surface area contributed by atoms with Gasteiger partial charge in [0.2, 0.25) is 5.91 Å². The number of hydrogen-bond donors (Lipinski definition) is 2. The van der Waals surface area contributed by atoms with Gasteiger partial charge in [-0.3, -0.25) is 14.4 Å². The van der Waals surface area contributed by atoms with E-state index in [9.17, 15) is 14.4 Å². The van der Waals surface area contributed by atoms with Gasteiger partial charge in [-0.2, -0.15) is 0 Å². The molecule has 8 heteroatoms. The molecule has 1 aromatic carbocycles. The maximum Gasteiger partial charge on any atom is 0.261 e. The molecule has 144 valence electrons. The van der Waals surface area contributed by atoms with Crippen LogP contribution in [0.1, 0.15) is 39.1 Å². The van der Waals surface area contributed by atoms with Gasteiger partial charge < -0.3 is 10.6 Å². The molecule has 0 unspecified atom stereocenters. The molecular weight excluding hydrogens is 394 g/mol. The number of benzene rings is 1. The smallest absolute Gasteiger partial charge is 0.261 e. The molecule has 28 heavy (non-hydrogen) atoms. The Bertz CT molecular complexity index is 966. The van der Waals surface area contributed by atoms with Gasteiger partial charge in [-0.25, -0.2) is 4.98 Å². The second-order valence-corrected chi connectivity index (χ2v) is 7.95. The van der Waals surface area contributed by atoms with Crippen molar-refractivity contribution in [1.82, 2.24) is 10.3 Å². The summed E-state index contributed by atoms with van der Waals surface area (Å²) in [6.45, 7) is 1.90. The van der Waals surface area contributed by atoms with Crippen molar-refractivity contribution in [3.05, 3.63) is 57.6 Å². The first-order valence-electron chi connectivity index (χ1n) is 8.73. The van der Waals surface area contributed by atoms with Crippen LogP contribution < -0.4 is 10.6 Å². The number of rotatable bonds is 8. The zero-order chi connectivity index (χ0) is 19.9. The third kappa shape index (κ3) is 5.11. The molecule has 2 aromatic heterocycles.